The molecular formula is C18H25N3O6S. The van der Waals surface area contributed by atoms with Crippen LogP contribution >= 0.6 is 11.3 Å². The van der Waals surface area contributed by atoms with Gasteiger partial charge in [-0.1, -0.05) is 0 Å². The van der Waals surface area contributed by atoms with Crippen molar-refractivity contribution in [3.05, 3.63) is 16.0 Å². The van der Waals surface area contributed by atoms with Gasteiger partial charge in [-0.05, 0) is 32.4 Å². The summed E-state index contributed by atoms with van der Waals surface area (Å²) < 4.78 is 9.48. The van der Waals surface area contributed by atoms with E-state index in [1.165, 1.54) is 14.2 Å². The minimum absolute atomic E-state index is 0.0111. The summed E-state index contributed by atoms with van der Waals surface area (Å²) in [6.45, 7) is 3.20. The summed E-state index contributed by atoms with van der Waals surface area (Å²) in [5.74, 6) is -1.67. The van der Waals surface area contributed by atoms with Crippen molar-refractivity contribution in [2.45, 2.75) is 19.8 Å². The quantitative estimate of drug-likeness (QED) is 0.671. The van der Waals surface area contributed by atoms with Crippen molar-refractivity contribution >= 4 is 40.1 Å². The average molecular weight is 411 g/mol. The molecule has 1 saturated heterocycles. The minimum atomic E-state index is -0.656. The van der Waals surface area contributed by atoms with Gasteiger partial charge in [0, 0.05) is 13.1 Å². The number of nitrogens with zero attached hydrogens (tertiary/aromatic N) is 2. The molecule has 2 rings (SSSR count). The highest BCUT2D eigenvalue weighted by molar-refractivity contribution is 7.18. The Hall–Kier alpha value is -2.46. The van der Waals surface area contributed by atoms with Gasteiger partial charge in [-0.3, -0.25) is 14.5 Å². The number of anilines is 1. The Morgan fingerprint density at radius 2 is 1.68 bits per heavy atom. The van der Waals surface area contributed by atoms with E-state index >= 15 is 0 Å². The molecule has 1 fully saturated rings. The zero-order valence-electron chi connectivity index (χ0n) is 16.5. The number of hydrogen-bond donors (Lipinski definition) is 1. The van der Waals surface area contributed by atoms with Crippen LogP contribution in [0.5, 0.6) is 0 Å². The molecule has 0 bridgehead atoms. The Labute approximate surface area is 167 Å². The SMILES string of the molecule is COC(=O)c1sc(NC(=O)CN(C)CC(=O)N2CCCC2)c(C(=O)OC)c1C. The molecule has 1 aliphatic heterocycles. The number of ether oxygens (including phenoxy) is 2. The van der Waals surface area contributed by atoms with Crippen molar-refractivity contribution in [3.63, 3.8) is 0 Å². The molecule has 2 heterocycles. The highest BCUT2D eigenvalue weighted by Crippen LogP contribution is 2.34. The molecule has 1 aliphatic rings. The van der Waals surface area contributed by atoms with Crippen molar-refractivity contribution in [2.24, 2.45) is 0 Å². The van der Waals surface area contributed by atoms with Crippen LogP contribution in [0, 0.1) is 6.92 Å². The summed E-state index contributed by atoms with van der Waals surface area (Å²) in [6, 6.07) is 0. The van der Waals surface area contributed by atoms with E-state index in [1.54, 1.807) is 23.8 Å². The molecular weight excluding hydrogens is 386 g/mol. The van der Waals surface area contributed by atoms with Crippen molar-refractivity contribution in [2.75, 3.05) is 52.8 Å². The van der Waals surface area contributed by atoms with Crippen LogP contribution in [-0.2, 0) is 19.1 Å². The number of likely N-dealkylation sites (tertiary alicyclic amines) is 1. The summed E-state index contributed by atoms with van der Waals surface area (Å²) >= 11 is 0.951. The lowest BCUT2D eigenvalue weighted by Gasteiger charge is -2.20. The highest BCUT2D eigenvalue weighted by Gasteiger charge is 2.27. The first-order chi connectivity index (χ1) is 13.3. The minimum Gasteiger partial charge on any atom is -0.465 e. The maximum absolute atomic E-state index is 12.4. The second-order valence-corrected chi connectivity index (χ2v) is 7.57. The first-order valence-electron chi connectivity index (χ1n) is 8.84. The molecule has 1 aromatic heterocycles. The first-order valence-corrected chi connectivity index (χ1v) is 9.66. The average Bonchev–Trinajstić information content (AvgIpc) is 3.28. The molecule has 0 saturated carbocycles. The van der Waals surface area contributed by atoms with E-state index in [1.807, 2.05) is 0 Å². The van der Waals surface area contributed by atoms with E-state index < -0.39 is 17.8 Å². The summed E-state index contributed by atoms with van der Waals surface area (Å²) in [5, 5.41) is 2.86. The van der Waals surface area contributed by atoms with Gasteiger partial charge in [0.15, 0.2) is 0 Å². The molecule has 1 N–H and O–H groups in total. The number of rotatable bonds is 7. The first kappa shape index (κ1) is 21.8. The molecule has 9 nitrogen and oxygen atoms in total. The maximum atomic E-state index is 12.4. The van der Waals surface area contributed by atoms with Crippen molar-refractivity contribution < 1.29 is 28.7 Å². The van der Waals surface area contributed by atoms with Gasteiger partial charge in [-0.15, -0.1) is 11.3 Å². The molecule has 0 unspecified atom stereocenters. The fraction of sp³-hybridized carbons (Fsp3) is 0.556. The lowest BCUT2D eigenvalue weighted by Crippen LogP contribution is -2.40. The Bertz CT molecular complexity index is 770. The topological polar surface area (TPSA) is 105 Å². The van der Waals surface area contributed by atoms with Crippen LogP contribution in [0.25, 0.3) is 0 Å². The summed E-state index contributed by atoms with van der Waals surface area (Å²) in [7, 11) is 4.14. The maximum Gasteiger partial charge on any atom is 0.348 e. The number of esters is 2. The molecule has 0 atom stereocenters. The zero-order chi connectivity index (χ0) is 20.8. The van der Waals surface area contributed by atoms with E-state index in [0.29, 0.717) is 5.56 Å². The number of thiophene rings is 1. The highest BCUT2D eigenvalue weighted by atomic mass is 32.1. The van der Waals surface area contributed by atoms with Gasteiger partial charge >= 0.3 is 11.9 Å². The Morgan fingerprint density at radius 3 is 2.25 bits per heavy atom. The Balaban J connectivity index is 2.06. The number of carbonyl (C=O) groups excluding carboxylic acids is 4. The fourth-order valence-electron chi connectivity index (χ4n) is 3.00. The molecule has 0 aromatic carbocycles. The molecule has 2 amide bonds. The van der Waals surface area contributed by atoms with Crippen LogP contribution < -0.4 is 5.32 Å². The van der Waals surface area contributed by atoms with Gasteiger partial charge < -0.3 is 19.7 Å². The zero-order valence-corrected chi connectivity index (χ0v) is 17.3. The van der Waals surface area contributed by atoms with E-state index in [9.17, 15) is 19.2 Å². The largest absolute Gasteiger partial charge is 0.465 e. The molecule has 10 heteroatoms. The van der Waals surface area contributed by atoms with Gasteiger partial charge in [0.1, 0.15) is 9.88 Å². The molecule has 0 aliphatic carbocycles. The summed E-state index contributed by atoms with van der Waals surface area (Å²) in [4.78, 5) is 52.2. The fourth-order valence-corrected chi connectivity index (χ4v) is 4.13. The second kappa shape index (κ2) is 9.65. The van der Waals surface area contributed by atoms with Crippen LogP contribution in [0.15, 0.2) is 0 Å². The molecule has 1 aromatic rings. The molecule has 0 spiro atoms. The number of amides is 2. The predicted molar refractivity (Wildman–Crippen MR) is 104 cm³/mol. The van der Waals surface area contributed by atoms with Crippen molar-refractivity contribution in [1.82, 2.24) is 9.80 Å². The third-order valence-corrected chi connectivity index (χ3v) is 5.62. The van der Waals surface area contributed by atoms with Crippen LogP contribution in [-0.4, -0.2) is 81.0 Å². The van der Waals surface area contributed by atoms with Crippen LogP contribution in [0.2, 0.25) is 0 Å². The normalized spacial score (nSPS) is 13.5. The van der Waals surface area contributed by atoms with Gasteiger partial charge in [-0.25, -0.2) is 9.59 Å². The number of methoxy groups -OCH3 is 2. The standard InChI is InChI=1S/C18H25N3O6S/c1-11-14(17(24)26-3)16(28-15(11)18(25)27-4)19-12(22)9-20(2)10-13(23)21-7-5-6-8-21/h5-10H2,1-4H3,(H,19,22). The monoisotopic (exact) mass is 411 g/mol. The molecule has 0 radical (unpaired) electrons. The Morgan fingerprint density at radius 1 is 1.07 bits per heavy atom. The number of nitrogens with one attached hydrogen (secondary N) is 1. The van der Waals surface area contributed by atoms with E-state index in [0.717, 1.165) is 37.3 Å². The van der Waals surface area contributed by atoms with Crippen molar-refractivity contribution in [3.8, 4) is 0 Å². The summed E-state index contributed by atoms with van der Waals surface area (Å²) in [6.07, 6.45) is 2.01. The lowest BCUT2D eigenvalue weighted by atomic mass is 10.1. The second-order valence-electron chi connectivity index (χ2n) is 6.55. The van der Waals surface area contributed by atoms with Gasteiger partial charge in [0.05, 0.1) is 32.9 Å². The van der Waals surface area contributed by atoms with E-state index in [-0.39, 0.29) is 34.4 Å². The number of likely N-dealkylation sites (N-methyl/N-ethyl adjacent to an activating group) is 1. The molecule has 154 valence electrons. The number of hydrogen-bond acceptors (Lipinski definition) is 8. The third kappa shape index (κ3) is 5.08. The van der Waals surface area contributed by atoms with Crippen molar-refractivity contribution in [1.29, 1.82) is 0 Å². The molecule has 28 heavy (non-hydrogen) atoms. The van der Waals surface area contributed by atoms with E-state index in [4.69, 9.17) is 9.47 Å². The predicted octanol–water partition coefficient (Wildman–Crippen LogP) is 1.12. The number of carbonyl (C=O) groups is 4. The van der Waals surface area contributed by atoms with Crippen LogP contribution in [0.3, 0.4) is 0 Å². The van der Waals surface area contributed by atoms with Gasteiger partial charge in [0.25, 0.3) is 0 Å². The van der Waals surface area contributed by atoms with Gasteiger partial charge in [-0.2, -0.15) is 0 Å². The van der Waals surface area contributed by atoms with Crippen LogP contribution in [0.1, 0.15) is 38.4 Å². The van der Waals surface area contributed by atoms with Crippen LogP contribution in [0.4, 0.5) is 5.00 Å². The van der Waals surface area contributed by atoms with Gasteiger partial charge in [0.2, 0.25) is 11.8 Å². The van der Waals surface area contributed by atoms with E-state index in [2.05, 4.69) is 5.32 Å². The Kier molecular flexibility index (Phi) is 7.53. The third-order valence-electron chi connectivity index (χ3n) is 4.44. The lowest BCUT2D eigenvalue weighted by molar-refractivity contribution is -0.131. The smallest absolute Gasteiger partial charge is 0.348 e. The summed E-state index contributed by atoms with van der Waals surface area (Å²) in [5.41, 5.74) is 0.508.